The number of hydrogen-bond acceptors (Lipinski definition) is 4. The van der Waals surface area contributed by atoms with Crippen LogP contribution in [0.25, 0.3) is 0 Å². The zero-order chi connectivity index (χ0) is 13.3. The molecule has 1 aromatic carbocycles. The van der Waals surface area contributed by atoms with E-state index in [1.165, 1.54) is 0 Å². The Balaban J connectivity index is 2.30. The van der Waals surface area contributed by atoms with Crippen LogP contribution in [0.1, 0.15) is 10.4 Å². The van der Waals surface area contributed by atoms with Crippen LogP contribution in [0.4, 0.5) is 11.4 Å². The normalized spacial score (nSPS) is 15.9. The first-order valence-corrected chi connectivity index (χ1v) is 5.67. The molecule has 18 heavy (non-hydrogen) atoms. The third-order valence-corrected chi connectivity index (χ3v) is 3.11. The lowest BCUT2D eigenvalue weighted by atomic mass is 10.1. The van der Waals surface area contributed by atoms with Crippen LogP contribution in [-0.2, 0) is 4.79 Å². The maximum Gasteiger partial charge on any atom is 0.248 e. The van der Waals surface area contributed by atoms with Crippen LogP contribution in [-0.4, -0.2) is 43.4 Å². The lowest BCUT2D eigenvalue weighted by molar-refractivity contribution is -0.129. The summed E-state index contributed by atoms with van der Waals surface area (Å²) in [6, 6.07) is 4.85. The molecule has 0 saturated carbocycles. The van der Waals surface area contributed by atoms with Crippen LogP contribution < -0.4 is 16.4 Å². The van der Waals surface area contributed by atoms with Crippen LogP contribution in [0.5, 0.6) is 0 Å². The zero-order valence-electron chi connectivity index (χ0n) is 10.2. The predicted octanol–water partition coefficient (Wildman–Crippen LogP) is -0.354. The van der Waals surface area contributed by atoms with Gasteiger partial charge in [-0.3, -0.25) is 9.59 Å². The van der Waals surface area contributed by atoms with Gasteiger partial charge in [-0.2, -0.15) is 0 Å². The molecule has 1 aliphatic heterocycles. The first kappa shape index (κ1) is 12.2. The molecule has 0 aliphatic carbocycles. The molecular formula is C12H16N4O2. The molecule has 2 rings (SSSR count). The van der Waals surface area contributed by atoms with E-state index in [-0.39, 0.29) is 12.5 Å². The van der Waals surface area contributed by atoms with Crippen LogP contribution in [0, 0.1) is 0 Å². The number of nitrogens with two attached hydrogens (primary N) is 2. The van der Waals surface area contributed by atoms with Crippen molar-refractivity contribution in [2.75, 3.05) is 37.3 Å². The van der Waals surface area contributed by atoms with Crippen LogP contribution in [0.2, 0.25) is 0 Å². The smallest absolute Gasteiger partial charge is 0.248 e. The Morgan fingerprint density at radius 2 is 2.06 bits per heavy atom. The van der Waals surface area contributed by atoms with E-state index in [1.807, 2.05) is 4.90 Å². The van der Waals surface area contributed by atoms with Gasteiger partial charge in [0.25, 0.3) is 0 Å². The highest BCUT2D eigenvalue weighted by Gasteiger charge is 2.22. The van der Waals surface area contributed by atoms with Gasteiger partial charge < -0.3 is 21.3 Å². The van der Waals surface area contributed by atoms with E-state index < -0.39 is 5.91 Å². The van der Waals surface area contributed by atoms with Crippen molar-refractivity contribution in [1.29, 1.82) is 0 Å². The number of piperazine rings is 1. The number of benzene rings is 1. The summed E-state index contributed by atoms with van der Waals surface area (Å²) in [7, 11) is 1.77. The molecule has 1 aromatic rings. The molecule has 0 spiro atoms. The van der Waals surface area contributed by atoms with Crippen LogP contribution in [0.15, 0.2) is 18.2 Å². The number of nitrogen functional groups attached to an aromatic ring is 1. The number of anilines is 2. The quantitative estimate of drug-likeness (QED) is 0.699. The Bertz CT molecular complexity index is 501. The van der Waals surface area contributed by atoms with Gasteiger partial charge in [-0.05, 0) is 18.2 Å². The van der Waals surface area contributed by atoms with Gasteiger partial charge >= 0.3 is 0 Å². The average Bonchev–Trinajstić information content (AvgIpc) is 2.33. The molecule has 1 fully saturated rings. The minimum atomic E-state index is -0.503. The fraction of sp³-hybridized carbons (Fsp3) is 0.333. The van der Waals surface area contributed by atoms with E-state index in [0.29, 0.717) is 30.0 Å². The molecule has 1 heterocycles. The maximum atomic E-state index is 11.7. The van der Waals surface area contributed by atoms with Crippen LogP contribution in [0.3, 0.4) is 0 Å². The van der Waals surface area contributed by atoms with Gasteiger partial charge in [0.05, 0.1) is 17.9 Å². The van der Waals surface area contributed by atoms with Gasteiger partial charge in [0.15, 0.2) is 0 Å². The lowest BCUT2D eigenvalue weighted by Crippen LogP contribution is -2.48. The first-order chi connectivity index (χ1) is 8.49. The Morgan fingerprint density at radius 1 is 1.33 bits per heavy atom. The van der Waals surface area contributed by atoms with E-state index in [2.05, 4.69) is 0 Å². The third-order valence-electron chi connectivity index (χ3n) is 3.11. The molecule has 2 amide bonds. The molecule has 96 valence electrons. The number of primary amides is 1. The van der Waals surface area contributed by atoms with Crippen LogP contribution >= 0.6 is 0 Å². The number of carbonyl (C=O) groups excluding carboxylic acids is 2. The monoisotopic (exact) mass is 248 g/mol. The molecule has 1 saturated heterocycles. The second-order valence-corrected chi connectivity index (χ2v) is 4.37. The summed E-state index contributed by atoms with van der Waals surface area (Å²) in [4.78, 5) is 26.3. The lowest BCUT2D eigenvalue weighted by Gasteiger charge is -2.34. The molecular weight excluding hydrogens is 232 g/mol. The highest BCUT2D eigenvalue weighted by Crippen LogP contribution is 2.25. The molecule has 0 unspecified atom stereocenters. The summed E-state index contributed by atoms with van der Waals surface area (Å²) in [6.07, 6.45) is 0. The summed E-state index contributed by atoms with van der Waals surface area (Å²) in [5, 5.41) is 0. The Labute approximate surface area is 105 Å². The van der Waals surface area contributed by atoms with Crippen molar-refractivity contribution in [1.82, 2.24) is 4.90 Å². The van der Waals surface area contributed by atoms with E-state index >= 15 is 0 Å². The average molecular weight is 248 g/mol. The van der Waals surface area contributed by atoms with E-state index in [1.54, 1.807) is 30.1 Å². The van der Waals surface area contributed by atoms with E-state index in [9.17, 15) is 9.59 Å². The summed E-state index contributed by atoms with van der Waals surface area (Å²) in [5.74, 6) is -0.471. The number of nitrogens with zero attached hydrogens (tertiary/aromatic N) is 2. The summed E-state index contributed by atoms with van der Waals surface area (Å²) in [6.45, 7) is 1.59. The molecule has 0 atom stereocenters. The van der Waals surface area contributed by atoms with Gasteiger partial charge in [0.1, 0.15) is 0 Å². The van der Waals surface area contributed by atoms with E-state index in [0.717, 1.165) is 0 Å². The number of carbonyl (C=O) groups is 2. The Morgan fingerprint density at radius 3 is 2.67 bits per heavy atom. The fourth-order valence-electron chi connectivity index (χ4n) is 1.93. The number of amides is 2. The summed E-state index contributed by atoms with van der Waals surface area (Å²) >= 11 is 0. The summed E-state index contributed by atoms with van der Waals surface area (Å²) in [5.41, 5.74) is 12.7. The topological polar surface area (TPSA) is 92.7 Å². The first-order valence-electron chi connectivity index (χ1n) is 5.67. The number of rotatable bonds is 2. The molecule has 6 nitrogen and oxygen atoms in total. The van der Waals surface area contributed by atoms with Crippen molar-refractivity contribution < 1.29 is 9.59 Å². The number of hydrogen-bond donors (Lipinski definition) is 2. The second-order valence-electron chi connectivity index (χ2n) is 4.37. The van der Waals surface area contributed by atoms with Crippen molar-refractivity contribution in [3.8, 4) is 0 Å². The maximum absolute atomic E-state index is 11.7. The molecule has 6 heteroatoms. The standard InChI is InChI=1S/C12H16N4O2/c1-15-4-5-16(7-11(15)17)10-6-8(12(14)18)2-3-9(10)13/h2-3,6H,4-5,7,13H2,1H3,(H2,14,18). The van der Waals surface area contributed by atoms with Gasteiger partial charge in [0, 0.05) is 25.7 Å². The van der Waals surface area contributed by atoms with Gasteiger partial charge in [-0.15, -0.1) is 0 Å². The molecule has 1 aliphatic rings. The molecule has 4 N–H and O–H groups in total. The molecule has 0 radical (unpaired) electrons. The molecule has 0 aromatic heterocycles. The van der Waals surface area contributed by atoms with E-state index in [4.69, 9.17) is 11.5 Å². The molecule has 0 bridgehead atoms. The fourth-order valence-corrected chi connectivity index (χ4v) is 1.93. The minimum absolute atomic E-state index is 0.0325. The van der Waals surface area contributed by atoms with Crippen molar-refractivity contribution in [3.63, 3.8) is 0 Å². The van der Waals surface area contributed by atoms with Crippen molar-refractivity contribution in [2.45, 2.75) is 0 Å². The minimum Gasteiger partial charge on any atom is -0.397 e. The Hall–Kier alpha value is -2.24. The van der Waals surface area contributed by atoms with Crippen molar-refractivity contribution in [3.05, 3.63) is 23.8 Å². The number of likely N-dealkylation sites (N-methyl/N-ethyl adjacent to an activating group) is 1. The second kappa shape index (κ2) is 4.56. The SMILES string of the molecule is CN1CCN(c2cc(C(N)=O)ccc2N)CC1=O. The Kier molecular flexibility index (Phi) is 3.10. The van der Waals surface area contributed by atoms with Gasteiger partial charge in [-0.25, -0.2) is 0 Å². The largest absolute Gasteiger partial charge is 0.397 e. The zero-order valence-corrected chi connectivity index (χ0v) is 10.2. The highest BCUT2D eigenvalue weighted by atomic mass is 16.2. The highest BCUT2D eigenvalue weighted by molar-refractivity contribution is 5.95. The van der Waals surface area contributed by atoms with Crippen molar-refractivity contribution in [2.24, 2.45) is 5.73 Å². The van der Waals surface area contributed by atoms with Crippen molar-refractivity contribution >= 4 is 23.2 Å². The third kappa shape index (κ3) is 2.22. The summed E-state index contributed by atoms with van der Waals surface area (Å²) < 4.78 is 0. The van der Waals surface area contributed by atoms with Gasteiger partial charge in [-0.1, -0.05) is 0 Å². The predicted molar refractivity (Wildman–Crippen MR) is 69.2 cm³/mol. The van der Waals surface area contributed by atoms with Gasteiger partial charge in [0.2, 0.25) is 11.8 Å².